The second-order valence-electron chi connectivity index (χ2n) is 22.8. The van der Waals surface area contributed by atoms with Gasteiger partial charge in [-0.25, -0.2) is 21.9 Å². The second-order valence-corrected chi connectivity index (χ2v) is 24.4. The number of sulfonamides is 1. The Morgan fingerprint density at radius 3 is 2.48 bits per heavy atom. The van der Waals surface area contributed by atoms with E-state index in [9.17, 15) is 32.1 Å². The van der Waals surface area contributed by atoms with Gasteiger partial charge in [0.2, 0.25) is 5.88 Å². The maximum Gasteiger partial charge on any atom is 0.293 e. The standard InChI is InChI=1S/C59H67F2N9O8S/c1-37(2)44-5-3-4-6-45(44)54-35-66(34-39-7-11-47(60)48(61)27-39)22-23-68(54)42-31-59(32-42)17-20-67(21-18-59)41-8-10-46(51(29-41)69-50-16-26-77-36-55(50)78-58-53(69)28-40-13-19-62-56(40)64-58)57(71)65-79(74,75)43-9-12-49(52(30-43)70(72)73)63-33-38-14-24-76-25-15-38/h3-13,19,27-30,37-38,42,50,54-55,63H,14-18,20-26,31-36H2,1-2H3,(H,62,64)(H,65,71)/t50-,54+,55-/m0/s1. The quantitative estimate of drug-likeness (QED) is 0.0691. The maximum atomic E-state index is 14.8. The number of carbonyl (C=O) groups excluding carboxylic acids is 1. The maximum absolute atomic E-state index is 14.8. The summed E-state index contributed by atoms with van der Waals surface area (Å²) in [5, 5.41) is 16.3. The number of nitro groups is 1. The molecule has 4 aromatic carbocycles. The lowest BCUT2D eigenvalue weighted by molar-refractivity contribution is -0.384. The molecule has 5 aliphatic heterocycles. The fourth-order valence-electron chi connectivity index (χ4n) is 13.2. The van der Waals surface area contributed by atoms with Crippen molar-refractivity contribution in [2.45, 2.75) is 100 Å². The van der Waals surface area contributed by atoms with Gasteiger partial charge in [0.1, 0.15) is 23.1 Å². The normalized spacial score (nSPS) is 22.1. The van der Waals surface area contributed by atoms with Crippen LogP contribution in [-0.2, 0) is 26.0 Å². The highest BCUT2D eigenvalue weighted by Gasteiger charge is 2.50. The monoisotopic (exact) mass is 1100 g/mol. The Kier molecular flexibility index (Phi) is 14.6. The molecular formula is C59H67F2N9O8S. The number of piperazine rings is 1. The third-order valence-electron chi connectivity index (χ3n) is 17.6. The molecule has 79 heavy (non-hydrogen) atoms. The number of hydrogen-bond acceptors (Lipinski definition) is 14. The smallest absolute Gasteiger partial charge is 0.293 e. The number of nitro benzene ring substituents is 1. The number of amides is 1. The molecule has 5 fully saturated rings. The first-order valence-electron chi connectivity index (χ1n) is 27.8. The van der Waals surface area contributed by atoms with E-state index >= 15 is 0 Å². The van der Waals surface area contributed by atoms with Gasteiger partial charge in [-0.2, -0.15) is 4.98 Å². The van der Waals surface area contributed by atoms with Crippen molar-refractivity contribution in [3.8, 4) is 5.88 Å². The van der Waals surface area contributed by atoms with Crippen LogP contribution in [-0.4, -0.2) is 123 Å². The van der Waals surface area contributed by atoms with Crippen LogP contribution in [0.15, 0.2) is 102 Å². The van der Waals surface area contributed by atoms with Crippen LogP contribution in [0.1, 0.15) is 97.8 Å². The Labute approximate surface area is 458 Å². The van der Waals surface area contributed by atoms with Crippen LogP contribution >= 0.6 is 0 Å². The molecule has 0 radical (unpaired) electrons. The van der Waals surface area contributed by atoms with Crippen molar-refractivity contribution in [2.75, 3.05) is 80.8 Å². The van der Waals surface area contributed by atoms with Crippen LogP contribution in [0.25, 0.3) is 11.0 Å². The highest BCUT2D eigenvalue weighted by atomic mass is 32.2. The van der Waals surface area contributed by atoms with E-state index in [4.69, 9.17) is 19.2 Å². The van der Waals surface area contributed by atoms with Gasteiger partial charge in [0.15, 0.2) is 11.6 Å². The summed E-state index contributed by atoms with van der Waals surface area (Å²) in [5.41, 5.74) is 6.05. The van der Waals surface area contributed by atoms with Gasteiger partial charge >= 0.3 is 0 Å². The molecule has 2 aromatic heterocycles. The summed E-state index contributed by atoms with van der Waals surface area (Å²) in [7, 11) is -4.63. The Bertz CT molecular complexity index is 3380. The van der Waals surface area contributed by atoms with Gasteiger partial charge in [-0.3, -0.25) is 24.7 Å². The van der Waals surface area contributed by atoms with E-state index in [0.717, 1.165) is 94.0 Å². The minimum atomic E-state index is -4.63. The number of nitrogens with zero attached hydrogens (tertiary/aromatic N) is 6. The summed E-state index contributed by atoms with van der Waals surface area (Å²) >= 11 is 0. The lowest BCUT2D eigenvalue weighted by Crippen LogP contribution is -2.60. The summed E-state index contributed by atoms with van der Waals surface area (Å²) in [6, 6.07) is 26.2. The lowest BCUT2D eigenvalue weighted by atomic mass is 9.59. The van der Waals surface area contributed by atoms with E-state index in [2.05, 4.69) is 72.7 Å². The molecule has 12 rings (SSSR count). The minimum absolute atomic E-state index is 0.0951. The highest BCUT2D eigenvalue weighted by molar-refractivity contribution is 7.90. The van der Waals surface area contributed by atoms with Crippen molar-refractivity contribution in [1.82, 2.24) is 24.5 Å². The van der Waals surface area contributed by atoms with Crippen molar-refractivity contribution in [3.05, 3.63) is 141 Å². The number of H-pyrrole nitrogens is 1. The minimum Gasteiger partial charge on any atom is -0.468 e. The molecule has 3 atom stereocenters. The van der Waals surface area contributed by atoms with E-state index in [1.165, 1.54) is 35.4 Å². The SMILES string of the molecule is CC(C)c1ccccc1[C@H]1CN(Cc2ccc(F)c(F)c2)CCN1C1CC2(CCN(c3ccc(C(=O)NS(=O)(=O)c4ccc(NCC5CCOCC5)c([N+](=O)[O-])c4)c(N4c5cc6cc[nH]c6nc5O[C@H]5COCC[C@@H]54)c3)CC2)C1. The average molecular weight is 1100 g/mol. The van der Waals surface area contributed by atoms with E-state index in [1.54, 1.807) is 18.3 Å². The number of hydrogen-bond donors (Lipinski definition) is 3. The lowest BCUT2D eigenvalue weighted by Gasteiger charge is -2.58. The fourth-order valence-corrected chi connectivity index (χ4v) is 14.2. The number of ether oxygens (including phenoxy) is 3. The van der Waals surface area contributed by atoms with Gasteiger partial charge in [0.25, 0.3) is 21.6 Å². The molecular weight excluding hydrogens is 1030 g/mol. The molecule has 3 N–H and O–H groups in total. The molecule has 6 aliphatic rings. The molecule has 20 heteroatoms. The molecule has 7 heterocycles. The molecule has 416 valence electrons. The first-order valence-corrected chi connectivity index (χ1v) is 29.3. The van der Waals surface area contributed by atoms with Gasteiger partial charge in [-0.1, -0.05) is 44.2 Å². The van der Waals surface area contributed by atoms with Crippen LogP contribution in [0.5, 0.6) is 5.88 Å². The van der Waals surface area contributed by atoms with Crippen molar-refractivity contribution in [3.63, 3.8) is 0 Å². The van der Waals surface area contributed by atoms with Crippen molar-refractivity contribution in [2.24, 2.45) is 11.3 Å². The fraction of sp³-hybridized carbons (Fsp3) is 0.458. The van der Waals surface area contributed by atoms with E-state index in [1.807, 2.05) is 24.3 Å². The number of halogens is 2. The zero-order valence-electron chi connectivity index (χ0n) is 44.5. The Balaban J connectivity index is 0.806. The number of fused-ring (bicyclic) bond motifs is 3. The molecule has 17 nitrogen and oxygen atoms in total. The van der Waals surface area contributed by atoms with Crippen molar-refractivity contribution < 1.29 is 41.1 Å². The Morgan fingerprint density at radius 2 is 1.70 bits per heavy atom. The van der Waals surface area contributed by atoms with Gasteiger partial charge in [0.05, 0.1) is 33.7 Å². The van der Waals surface area contributed by atoms with Crippen LogP contribution in [0.3, 0.4) is 0 Å². The van der Waals surface area contributed by atoms with Crippen molar-refractivity contribution >= 4 is 55.4 Å². The molecule has 1 amide bonds. The van der Waals surface area contributed by atoms with E-state index in [-0.39, 0.29) is 41.3 Å². The zero-order chi connectivity index (χ0) is 54.6. The van der Waals surface area contributed by atoms with Gasteiger partial charge in [-0.05, 0) is 133 Å². The second kappa shape index (κ2) is 21.7. The van der Waals surface area contributed by atoms with Gasteiger partial charge < -0.3 is 34.3 Å². The zero-order valence-corrected chi connectivity index (χ0v) is 45.4. The van der Waals surface area contributed by atoms with Crippen LogP contribution in [0.2, 0.25) is 0 Å². The predicted octanol–water partition coefficient (Wildman–Crippen LogP) is 9.83. The van der Waals surface area contributed by atoms with Crippen LogP contribution in [0, 0.1) is 33.1 Å². The van der Waals surface area contributed by atoms with E-state index in [0.29, 0.717) is 74.2 Å². The number of piperidine rings is 1. The van der Waals surface area contributed by atoms with E-state index < -0.39 is 49.2 Å². The summed E-state index contributed by atoms with van der Waals surface area (Å²) in [6.07, 6.45) is 7.59. The third-order valence-corrected chi connectivity index (χ3v) is 18.9. The number of pyridine rings is 1. The van der Waals surface area contributed by atoms with Crippen molar-refractivity contribution in [1.29, 1.82) is 0 Å². The molecule has 6 aromatic rings. The highest BCUT2D eigenvalue weighted by Crippen LogP contribution is 2.54. The molecule has 1 aliphatic carbocycles. The molecule has 1 spiro atoms. The number of rotatable bonds is 14. The number of benzene rings is 4. The summed E-state index contributed by atoms with van der Waals surface area (Å²) in [5.74, 6) is -1.62. The van der Waals surface area contributed by atoms with Gasteiger partial charge in [-0.15, -0.1) is 0 Å². The number of anilines is 4. The first kappa shape index (κ1) is 53.0. The summed E-state index contributed by atoms with van der Waals surface area (Å²) < 4.78 is 76.8. The van der Waals surface area contributed by atoms with Crippen LogP contribution in [0.4, 0.5) is 37.2 Å². The summed E-state index contributed by atoms with van der Waals surface area (Å²) in [6.45, 7) is 11.4. The Morgan fingerprint density at radius 1 is 0.899 bits per heavy atom. The predicted molar refractivity (Wildman–Crippen MR) is 297 cm³/mol. The summed E-state index contributed by atoms with van der Waals surface area (Å²) in [4.78, 5) is 43.6. The molecule has 0 bridgehead atoms. The average Bonchev–Trinajstić information content (AvgIpc) is 4.12. The number of carbonyl (C=O) groups is 1. The third kappa shape index (κ3) is 10.6. The number of nitrogens with one attached hydrogen (secondary N) is 3. The Hall–Kier alpha value is -6.71. The van der Waals surface area contributed by atoms with Gasteiger partial charge in [0, 0.05) is 101 Å². The first-order chi connectivity index (χ1) is 38.2. The molecule has 0 unspecified atom stereocenters. The van der Waals surface area contributed by atoms with Crippen LogP contribution < -0.4 is 24.6 Å². The topological polar surface area (TPSA) is 188 Å². The molecule has 1 saturated carbocycles. The largest absolute Gasteiger partial charge is 0.468 e. The number of aromatic amines is 1. The molecule has 4 saturated heterocycles. The number of aromatic nitrogens is 2.